The minimum absolute atomic E-state index is 0.120. The highest BCUT2D eigenvalue weighted by Crippen LogP contribution is 2.35. The van der Waals surface area contributed by atoms with Gasteiger partial charge in [0.05, 0.1) is 29.3 Å². The van der Waals surface area contributed by atoms with Gasteiger partial charge in [-0.2, -0.15) is 4.36 Å². The van der Waals surface area contributed by atoms with Crippen molar-refractivity contribution in [3.63, 3.8) is 0 Å². The Balaban J connectivity index is 1.58. The van der Waals surface area contributed by atoms with Gasteiger partial charge in [-0.05, 0) is 62.4 Å². The number of ether oxygens (including phenoxy) is 1. The van der Waals surface area contributed by atoms with Gasteiger partial charge in [0.1, 0.15) is 23.7 Å². The van der Waals surface area contributed by atoms with Gasteiger partial charge in [-0.25, -0.2) is 31.7 Å². The summed E-state index contributed by atoms with van der Waals surface area (Å²) >= 11 is 0. The molecule has 194 valence electrons. The van der Waals surface area contributed by atoms with E-state index in [1.807, 2.05) is 13.0 Å². The van der Waals surface area contributed by atoms with Crippen LogP contribution in [-0.4, -0.2) is 53.5 Å². The smallest absolute Gasteiger partial charge is 0.208 e. The van der Waals surface area contributed by atoms with E-state index in [0.717, 1.165) is 17.2 Å². The zero-order chi connectivity index (χ0) is 26.1. The maximum absolute atomic E-state index is 14.1. The van der Waals surface area contributed by atoms with Gasteiger partial charge in [0.15, 0.2) is 0 Å². The lowest BCUT2D eigenvalue weighted by Gasteiger charge is -2.29. The van der Waals surface area contributed by atoms with Crippen LogP contribution in [0, 0.1) is 12.7 Å². The zero-order valence-electron chi connectivity index (χ0n) is 20.6. The molecule has 9 nitrogen and oxygen atoms in total. The summed E-state index contributed by atoms with van der Waals surface area (Å²) < 4.78 is 62.4. The van der Waals surface area contributed by atoms with Gasteiger partial charge < -0.3 is 10.1 Å². The van der Waals surface area contributed by atoms with Crippen LogP contribution >= 0.6 is 0 Å². The summed E-state index contributed by atoms with van der Waals surface area (Å²) in [6, 6.07) is 7.73. The number of rotatable bonds is 7. The number of benzene rings is 2. The molecule has 0 spiro atoms. The van der Waals surface area contributed by atoms with E-state index in [4.69, 9.17) is 4.74 Å². The standard InChI is InChI=1S/C24H30FN5O4S2/c1-15-11-18(29-35(2,3)31)13-21-23(15)24(27-14-26-21)28-20-10-5-16(25)12-22(20)34-19-8-6-17(7-9-19)30-36(4,32)33/h5,10-14,17,19,30H,6-9H2,1-4H3,(H,26,27,28). The lowest BCUT2D eigenvalue weighted by molar-refractivity contribution is 0.144. The van der Waals surface area contributed by atoms with Crippen LogP contribution in [0.15, 0.2) is 41.0 Å². The predicted molar refractivity (Wildman–Crippen MR) is 141 cm³/mol. The molecule has 1 aromatic heterocycles. The summed E-state index contributed by atoms with van der Waals surface area (Å²) in [7, 11) is -5.59. The van der Waals surface area contributed by atoms with Gasteiger partial charge >= 0.3 is 0 Å². The van der Waals surface area contributed by atoms with Gasteiger partial charge in [-0.15, -0.1) is 0 Å². The molecule has 0 radical (unpaired) electrons. The monoisotopic (exact) mass is 535 g/mol. The van der Waals surface area contributed by atoms with Crippen LogP contribution in [0.5, 0.6) is 5.75 Å². The molecule has 36 heavy (non-hydrogen) atoms. The first-order chi connectivity index (χ1) is 16.9. The number of nitrogens with zero attached hydrogens (tertiary/aromatic N) is 3. The molecule has 1 saturated carbocycles. The van der Waals surface area contributed by atoms with E-state index in [9.17, 15) is 17.0 Å². The molecule has 0 bridgehead atoms. The molecule has 12 heteroatoms. The summed E-state index contributed by atoms with van der Waals surface area (Å²) in [5.74, 6) is 0.443. The lowest BCUT2D eigenvalue weighted by Crippen LogP contribution is -2.39. The highest BCUT2D eigenvalue weighted by atomic mass is 32.2. The fraction of sp³-hybridized carbons (Fsp3) is 0.417. The van der Waals surface area contributed by atoms with Crippen LogP contribution in [0.4, 0.5) is 21.6 Å². The van der Waals surface area contributed by atoms with Crippen LogP contribution in [0.25, 0.3) is 10.9 Å². The molecule has 0 atom stereocenters. The average Bonchev–Trinajstić information content (AvgIpc) is 2.74. The Morgan fingerprint density at radius 2 is 1.75 bits per heavy atom. The molecule has 1 fully saturated rings. The fourth-order valence-electron chi connectivity index (χ4n) is 4.38. The highest BCUT2D eigenvalue weighted by molar-refractivity contribution is 7.92. The van der Waals surface area contributed by atoms with Crippen molar-refractivity contribution in [2.45, 2.75) is 44.8 Å². The molecule has 1 aliphatic rings. The van der Waals surface area contributed by atoms with Crippen LogP contribution in [0.3, 0.4) is 0 Å². The minimum atomic E-state index is -3.26. The maximum atomic E-state index is 14.1. The molecule has 2 aromatic carbocycles. The van der Waals surface area contributed by atoms with Gasteiger partial charge in [-0.3, -0.25) is 0 Å². The number of hydrogen-bond donors (Lipinski definition) is 2. The molecule has 0 unspecified atom stereocenters. The molecular weight excluding hydrogens is 505 g/mol. The third kappa shape index (κ3) is 6.89. The summed E-state index contributed by atoms with van der Waals surface area (Å²) in [5.41, 5.74) is 2.60. The molecule has 0 aliphatic heterocycles. The van der Waals surface area contributed by atoms with Crippen molar-refractivity contribution >= 4 is 47.8 Å². The number of halogens is 1. The number of fused-ring (bicyclic) bond motifs is 1. The fourth-order valence-corrected chi connectivity index (χ4v) is 5.83. The van der Waals surface area contributed by atoms with Crippen LogP contribution < -0.4 is 14.8 Å². The van der Waals surface area contributed by atoms with Crippen molar-refractivity contribution in [1.82, 2.24) is 14.7 Å². The number of aromatic nitrogens is 2. The third-order valence-corrected chi connectivity index (χ3v) is 7.20. The van der Waals surface area contributed by atoms with E-state index in [1.165, 1.54) is 18.5 Å². The van der Waals surface area contributed by atoms with E-state index < -0.39 is 25.6 Å². The normalized spacial score (nSPS) is 18.7. The second kappa shape index (κ2) is 10.3. The van der Waals surface area contributed by atoms with Crippen molar-refractivity contribution in [2.24, 2.45) is 4.36 Å². The van der Waals surface area contributed by atoms with Gasteiger partial charge in [0, 0.05) is 39.7 Å². The summed E-state index contributed by atoms with van der Waals surface area (Å²) in [6.07, 6.45) is 8.11. The Kier molecular flexibility index (Phi) is 7.48. The van der Waals surface area contributed by atoms with Gasteiger partial charge in [-0.1, -0.05) is 0 Å². The molecular formula is C24H30FN5O4S2. The molecule has 0 amide bonds. The zero-order valence-corrected chi connectivity index (χ0v) is 22.2. The van der Waals surface area contributed by atoms with Crippen molar-refractivity contribution in [1.29, 1.82) is 0 Å². The van der Waals surface area contributed by atoms with Crippen molar-refractivity contribution < 1.29 is 21.8 Å². The van der Waals surface area contributed by atoms with E-state index in [-0.39, 0.29) is 12.1 Å². The van der Waals surface area contributed by atoms with E-state index >= 15 is 0 Å². The maximum Gasteiger partial charge on any atom is 0.208 e. The molecule has 4 rings (SSSR count). The second-order valence-corrected chi connectivity index (χ2v) is 13.7. The molecule has 1 aliphatic carbocycles. The number of nitrogens with one attached hydrogen (secondary N) is 2. The SMILES string of the molecule is Cc1cc(N=S(C)(C)=O)cc2ncnc(Nc3ccc(F)cc3OC3CCC(NS(C)(=O)=O)CC3)c12. The second-order valence-electron chi connectivity index (χ2n) is 9.40. The number of anilines is 2. The van der Waals surface area contributed by atoms with E-state index in [1.54, 1.807) is 24.6 Å². The van der Waals surface area contributed by atoms with Gasteiger partial charge in [0.2, 0.25) is 10.0 Å². The Hall–Kier alpha value is -2.83. The molecule has 3 aromatic rings. The summed E-state index contributed by atoms with van der Waals surface area (Å²) in [6.45, 7) is 1.90. The Morgan fingerprint density at radius 3 is 2.42 bits per heavy atom. The van der Waals surface area contributed by atoms with Gasteiger partial charge in [0.25, 0.3) is 0 Å². The summed E-state index contributed by atoms with van der Waals surface area (Å²) in [5, 5.41) is 4.02. The van der Waals surface area contributed by atoms with E-state index in [2.05, 4.69) is 24.4 Å². The number of hydrogen-bond acceptors (Lipinski definition) is 8. The lowest BCUT2D eigenvalue weighted by atomic mass is 9.93. The Morgan fingerprint density at radius 1 is 1.03 bits per heavy atom. The van der Waals surface area contributed by atoms with Crippen LogP contribution in [-0.2, 0) is 19.8 Å². The van der Waals surface area contributed by atoms with E-state index in [0.29, 0.717) is 54.1 Å². The Labute approximate surface area is 211 Å². The largest absolute Gasteiger partial charge is 0.488 e. The number of sulfonamides is 1. The third-order valence-electron chi connectivity index (χ3n) is 5.79. The first-order valence-corrected chi connectivity index (χ1v) is 15.7. The average molecular weight is 536 g/mol. The molecule has 0 saturated heterocycles. The van der Waals surface area contributed by atoms with Crippen molar-refractivity contribution in [3.8, 4) is 5.75 Å². The van der Waals surface area contributed by atoms with Crippen LogP contribution in [0.1, 0.15) is 31.2 Å². The van der Waals surface area contributed by atoms with Crippen LogP contribution in [0.2, 0.25) is 0 Å². The van der Waals surface area contributed by atoms with Crippen molar-refractivity contribution in [3.05, 3.63) is 48.0 Å². The first kappa shape index (κ1) is 26.2. The highest BCUT2D eigenvalue weighted by Gasteiger charge is 2.25. The Bertz CT molecular complexity index is 1500. The molecule has 1 heterocycles. The minimum Gasteiger partial charge on any atom is -0.488 e. The predicted octanol–water partition coefficient (Wildman–Crippen LogP) is 4.42. The quantitative estimate of drug-likeness (QED) is 0.459. The number of aryl methyl sites for hydroxylation is 1. The molecule has 2 N–H and O–H groups in total. The first-order valence-electron chi connectivity index (χ1n) is 11.5. The topological polar surface area (TPSA) is 123 Å². The van der Waals surface area contributed by atoms with Crippen molar-refractivity contribution in [2.75, 3.05) is 24.1 Å². The summed E-state index contributed by atoms with van der Waals surface area (Å²) in [4.78, 5) is 8.75.